The van der Waals surface area contributed by atoms with E-state index in [9.17, 15) is 18.9 Å². The molecule has 82 valence electrons. The summed E-state index contributed by atoms with van der Waals surface area (Å²) in [5, 5.41) is 10.4. The van der Waals surface area contributed by atoms with Gasteiger partial charge in [-0.2, -0.15) is 0 Å². The van der Waals surface area contributed by atoms with Gasteiger partial charge in [0.1, 0.15) is 5.02 Å². The van der Waals surface area contributed by atoms with Crippen LogP contribution < -0.4 is 0 Å². The van der Waals surface area contributed by atoms with Crippen molar-refractivity contribution < 1.29 is 13.7 Å². The first-order valence-electron chi connectivity index (χ1n) is 3.65. The summed E-state index contributed by atoms with van der Waals surface area (Å²) in [4.78, 5) is 12.8. The molecule has 0 bridgehead atoms. The third-order valence-electron chi connectivity index (χ3n) is 1.58. The van der Waals surface area contributed by atoms with Crippen molar-refractivity contribution in [1.29, 1.82) is 0 Å². The summed E-state index contributed by atoms with van der Waals surface area (Å²) >= 11 is 8.60. The topological polar surface area (TPSA) is 56.0 Å². The Labute approximate surface area is 96.5 Å². The number of rotatable bonds is 3. The third kappa shape index (κ3) is 2.60. The zero-order chi connectivity index (χ0) is 11.6. The Morgan fingerprint density at radius 2 is 2.27 bits per heavy atom. The molecule has 0 N–H and O–H groups in total. The first-order chi connectivity index (χ1) is 6.97. The Balaban J connectivity index is 3.38. The second-order valence-electron chi connectivity index (χ2n) is 2.54. The summed E-state index contributed by atoms with van der Waals surface area (Å²) in [5.41, 5.74) is -0.436. The number of aromatic nitrogens is 1. The minimum absolute atomic E-state index is 0.148. The van der Waals surface area contributed by atoms with E-state index in [2.05, 4.69) is 20.9 Å². The maximum Gasteiger partial charge on any atom is 0.383 e. The second-order valence-corrected chi connectivity index (χ2v) is 3.47. The quantitative estimate of drug-likeness (QED) is 0.488. The minimum Gasteiger partial charge on any atom is -0.358 e. The molecule has 0 amide bonds. The van der Waals surface area contributed by atoms with Gasteiger partial charge in [-0.25, -0.2) is 8.78 Å². The normalized spacial score (nSPS) is 10.7. The van der Waals surface area contributed by atoms with Crippen molar-refractivity contribution in [3.05, 3.63) is 32.5 Å². The zero-order valence-corrected chi connectivity index (χ0v) is 9.43. The standard InChI is InChI=1S/C7H4BrClF2N2O2/c8-2-3-1-4(6(10)11)12-7(5(3)9)13(14)15/h1,6H,2H2. The summed E-state index contributed by atoms with van der Waals surface area (Å²) in [5.74, 6) is -0.746. The van der Waals surface area contributed by atoms with Gasteiger partial charge in [0.05, 0.1) is 0 Å². The van der Waals surface area contributed by atoms with Crippen LogP contribution in [0, 0.1) is 10.1 Å². The Bertz CT molecular complexity index is 403. The largest absolute Gasteiger partial charge is 0.383 e. The van der Waals surface area contributed by atoms with Crippen molar-refractivity contribution in [3.8, 4) is 0 Å². The molecule has 1 aromatic rings. The van der Waals surface area contributed by atoms with Crippen LogP contribution in [0.1, 0.15) is 17.7 Å². The van der Waals surface area contributed by atoms with Gasteiger partial charge in [-0.05, 0) is 21.5 Å². The van der Waals surface area contributed by atoms with E-state index in [4.69, 9.17) is 11.6 Å². The molecule has 0 atom stereocenters. The number of halogens is 4. The van der Waals surface area contributed by atoms with E-state index in [0.29, 0.717) is 0 Å². The van der Waals surface area contributed by atoms with Gasteiger partial charge in [0.25, 0.3) is 0 Å². The van der Waals surface area contributed by atoms with E-state index < -0.39 is 22.9 Å². The summed E-state index contributed by atoms with van der Waals surface area (Å²) in [7, 11) is 0. The van der Waals surface area contributed by atoms with E-state index in [0.717, 1.165) is 6.07 Å². The lowest BCUT2D eigenvalue weighted by atomic mass is 10.2. The van der Waals surface area contributed by atoms with E-state index in [1.165, 1.54) is 0 Å². The SMILES string of the molecule is O=[N+]([O-])c1nc(C(F)F)cc(CBr)c1Cl. The predicted molar refractivity (Wildman–Crippen MR) is 53.5 cm³/mol. The predicted octanol–water partition coefficient (Wildman–Crippen LogP) is 3.48. The molecule has 4 nitrogen and oxygen atoms in total. The molecular formula is C7H4BrClF2N2O2. The fourth-order valence-electron chi connectivity index (χ4n) is 0.919. The second kappa shape index (κ2) is 4.80. The van der Waals surface area contributed by atoms with Crippen LogP contribution in [0.25, 0.3) is 0 Å². The number of pyridine rings is 1. The van der Waals surface area contributed by atoms with Gasteiger partial charge in [0.15, 0.2) is 0 Å². The van der Waals surface area contributed by atoms with Crippen LogP contribution in [0.4, 0.5) is 14.6 Å². The fourth-order valence-corrected chi connectivity index (χ4v) is 1.76. The Morgan fingerprint density at radius 1 is 1.67 bits per heavy atom. The molecule has 0 aliphatic rings. The molecule has 0 aliphatic carbocycles. The lowest BCUT2D eigenvalue weighted by Crippen LogP contribution is -2.00. The summed E-state index contributed by atoms with van der Waals surface area (Å²) in [6.07, 6.45) is -2.86. The highest BCUT2D eigenvalue weighted by Gasteiger charge is 2.24. The number of nitro groups is 1. The van der Waals surface area contributed by atoms with E-state index in [1.54, 1.807) is 0 Å². The van der Waals surface area contributed by atoms with Crippen LogP contribution in [0.2, 0.25) is 5.02 Å². The van der Waals surface area contributed by atoms with Crippen LogP contribution in [-0.2, 0) is 5.33 Å². The smallest absolute Gasteiger partial charge is 0.358 e. The number of hydrogen-bond acceptors (Lipinski definition) is 3. The molecule has 1 rings (SSSR count). The lowest BCUT2D eigenvalue weighted by Gasteiger charge is -2.02. The maximum absolute atomic E-state index is 12.3. The monoisotopic (exact) mass is 300 g/mol. The van der Waals surface area contributed by atoms with Crippen LogP contribution in [0.3, 0.4) is 0 Å². The van der Waals surface area contributed by atoms with Crippen molar-refractivity contribution in [2.75, 3.05) is 0 Å². The lowest BCUT2D eigenvalue weighted by molar-refractivity contribution is -0.389. The van der Waals surface area contributed by atoms with Crippen molar-refractivity contribution in [3.63, 3.8) is 0 Å². The highest BCUT2D eigenvalue weighted by atomic mass is 79.9. The average molecular weight is 301 g/mol. The molecule has 0 saturated carbocycles. The van der Waals surface area contributed by atoms with Crippen LogP contribution in [0.5, 0.6) is 0 Å². The zero-order valence-electron chi connectivity index (χ0n) is 7.08. The first kappa shape index (κ1) is 12.3. The summed E-state index contributed by atoms with van der Waals surface area (Å²) in [6.45, 7) is 0. The van der Waals surface area contributed by atoms with Gasteiger partial charge in [-0.1, -0.05) is 27.5 Å². The minimum atomic E-state index is -2.86. The maximum atomic E-state index is 12.3. The van der Waals surface area contributed by atoms with E-state index >= 15 is 0 Å². The van der Waals surface area contributed by atoms with Gasteiger partial charge in [0, 0.05) is 5.33 Å². The van der Waals surface area contributed by atoms with Gasteiger partial charge in [-0.3, -0.25) is 0 Å². The van der Waals surface area contributed by atoms with Crippen LogP contribution in [-0.4, -0.2) is 9.91 Å². The van der Waals surface area contributed by atoms with Gasteiger partial charge >= 0.3 is 12.2 Å². The van der Waals surface area contributed by atoms with E-state index in [1.807, 2.05) is 0 Å². The summed E-state index contributed by atoms with van der Waals surface area (Å²) in [6, 6.07) is 1.04. The number of hydrogen-bond donors (Lipinski definition) is 0. The van der Waals surface area contributed by atoms with Crippen molar-refractivity contribution in [2.24, 2.45) is 0 Å². The van der Waals surface area contributed by atoms with Gasteiger partial charge in [0.2, 0.25) is 5.69 Å². The molecule has 0 fully saturated rings. The van der Waals surface area contributed by atoms with Crippen LogP contribution >= 0.6 is 27.5 Å². The molecule has 1 aromatic heterocycles. The van der Waals surface area contributed by atoms with Crippen molar-refractivity contribution in [1.82, 2.24) is 4.98 Å². The first-order valence-corrected chi connectivity index (χ1v) is 5.15. The molecule has 0 unspecified atom stereocenters. The molecule has 1 heterocycles. The number of nitrogens with zero attached hydrogens (tertiary/aromatic N) is 2. The third-order valence-corrected chi connectivity index (χ3v) is 2.59. The average Bonchev–Trinajstić information content (AvgIpc) is 2.17. The van der Waals surface area contributed by atoms with E-state index in [-0.39, 0.29) is 15.9 Å². The Hall–Kier alpha value is -0.820. The van der Waals surface area contributed by atoms with Gasteiger partial charge in [-0.15, -0.1) is 0 Å². The van der Waals surface area contributed by atoms with Gasteiger partial charge < -0.3 is 10.1 Å². The highest BCUT2D eigenvalue weighted by Crippen LogP contribution is 2.31. The number of alkyl halides is 3. The Kier molecular flexibility index (Phi) is 3.92. The van der Waals surface area contributed by atoms with Crippen molar-refractivity contribution in [2.45, 2.75) is 11.8 Å². The van der Waals surface area contributed by atoms with Crippen molar-refractivity contribution >= 4 is 33.3 Å². The molecule has 0 aromatic carbocycles. The fraction of sp³-hybridized carbons (Fsp3) is 0.286. The highest BCUT2D eigenvalue weighted by molar-refractivity contribution is 9.08. The molecule has 0 spiro atoms. The Morgan fingerprint density at radius 3 is 2.67 bits per heavy atom. The summed E-state index contributed by atoms with van der Waals surface area (Å²) < 4.78 is 24.6. The molecule has 0 radical (unpaired) electrons. The molecular weight excluding hydrogens is 297 g/mol. The molecule has 8 heteroatoms. The molecule has 0 aliphatic heterocycles. The van der Waals surface area contributed by atoms with Crippen LogP contribution in [0.15, 0.2) is 6.07 Å². The molecule has 0 saturated heterocycles. The molecule has 15 heavy (non-hydrogen) atoms.